The zero-order valence-corrected chi connectivity index (χ0v) is 31.2. The van der Waals surface area contributed by atoms with E-state index in [0.717, 1.165) is 5.75 Å². The molecule has 0 bridgehead atoms. The van der Waals surface area contributed by atoms with Crippen molar-refractivity contribution in [3.63, 3.8) is 0 Å². The zero-order chi connectivity index (χ0) is 28.2. The van der Waals surface area contributed by atoms with Gasteiger partial charge in [0.05, 0.1) is 0 Å². The van der Waals surface area contributed by atoms with Crippen LogP contribution in [0.1, 0.15) is 207 Å². The van der Waals surface area contributed by atoms with Gasteiger partial charge in [-0.15, -0.1) is 0 Å². The number of rotatable bonds is 31. The van der Waals surface area contributed by atoms with Gasteiger partial charge in [0.15, 0.2) is 0 Å². The molecule has 0 radical (unpaired) electrons. The van der Waals surface area contributed by atoms with E-state index in [4.69, 9.17) is 12.6 Å². The van der Waals surface area contributed by atoms with Crippen LogP contribution in [0.2, 0.25) is 13.3 Å². The molecule has 0 fully saturated rings. The third-order valence-electron chi connectivity index (χ3n) is 8.15. The van der Waals surface area contributed by atoms with Crippen LogP contribution in [0.5, 0.6) is 0 Å². The molecular formula is C36H76SSn. The van der Waals surface area contributed by atoms with E-state index in [1.807, 2.05) is 0 Å². The summed E-state index contributed by atoms with van der Waals surface area (Å²) in [6.45, 7) is 9.25. The molecule has 230 valence electrons. The van der Waals surface area contributed by atoms with E-state index in [1.165, 1.54) is 161 Å². The standard InChI is InChI=1S/C12H26S.3C8H17.Sn/c1-2-3-4-5-6-7-8-9-10-11-12-13;3*1-3-5-7-8-6-4-2;/h13H,2-12H2,1H3;3*1,3-8H2,2H3;/q;;;;+1/p-1. The molecule has 0 unspecified atom stereocenters. The van der Waals surface area contributed by atoms with E-state index in [-0.39, 0.29) is 0 Å². The molecule has 0 saturated heterocycles. The third-order valence-corrected chi connectivity index (χ3v) is 17.5. The Morgan fingerprint density at radius 1 is 0.289 bits per heavy atom. The maximum atomic E-state index is 4.90. The van der Waals surface area contributed by atoms with Crippen molar-refractivity contribution in [3.05, 3.63) is 0 Å². The van der Waals surface area contributed by atoms with Crippen LogP contribution in [-0.2, 0) is 12.6 Å². The van der Waals surface area contributed by atoms with Gasteiger partial charge >= 0.3 is 169 Å². The van der Waals surface area contributed by atoms with Gasteiger partial charge in [-0.2, -0.15) is 5.75 Å². The Balaban J connectivity index is 0. The monoisotopic (exact) mass is 660 g/mol. The average Bonchev–Trinajstić information content (AvgIpc) is 2.93. The van der Waals surface area contributed by atoms with Crippen molar-refractivity contribution in [2.45, 2.75) is 221 Å². The molecule has 0 saturated carbocycles. The molecule has 0 N–H and O–H groups in total. The molecule has 0 atom stereocenters. The fourth-order valence-electron chi connectivity index (χ4n) is 5.43. The van der Waals surface area contributed by atoms with E-state index < -0.39 is 19.8 Å². The first-order chi connectivity index (χ1) is 18.8. The summed E-state index contributed by atoms with van der Waals surface area (Å²) in [6, 6.07) is 0. The molecule has 0 amide bonds. The van der Waals surface area contributed by atoms with Crippen LogP contribution in [0.15, 0.2) is 0 Å². The van der Waals surface area contributed by atoms with Crippen molar-refractivity contribution in [3.8, 4) is 0 Å². The number of hydrogen-bond donors (Lipinski definition) is 0. The molecule has 0 nitrogen and oxygen atoms in total. The molecule has 0 aliphatic carbocycles. The predicted octanol–water partition coefficient (Wildman–Crippen LogP) is 14.0. The molecule has 0 heterocycles. The van der Waals surface area contributed by atoms with Crippen LogP contribution in [0, 0.1) is 0 Å². The number of hydrogen-bond acceptors (Lipinski definition) is 1. The van der Waals surface area contributed by atoms with Crippen LogP contribution in [-0.4, -0.2) is 25.5 Å². The van der Waals surface area contributed by atoms with Crippen molar-refractivity contribution in [2.24, 2.45) is 0 Å². The molecular weight excluding hydrogens is 583 g/mol. The third kappa shape index (κ3) is 39.3. The van der Waals surface area contributed by atoms with Gasteiger partial charge in [0.25, 0.3) is 0 Å². The molecule has 0 aromatic rings. The van der Waals surface area contributed by atoms with E-state index in [9.17, 15) is 0 Å². The SMILES string of the molecule is CCCCCCCCCCCC[S-].CCCCCCC[CH2][Sn+]([CH2]CCCCCCC)[CH2]CCCCCCC. The summed E-state index contributed by atoms with van der Waals surface area (Å²) < 4.78 is 5.16. The second-order valence-electron chi connectivity index (χ2n) is 12.2. The molecule has 0 aliphatic rings. The Morgan fingerprint density at radius 2 is 0.500 bits per heavy atom. The first-order valence-corrected chi connectivity index (χ1v) is 24.8. The van der Waals surface area contributed by atoms with Gasteiger partial charge in [-0.25, -0.2) is 0 Å². The normalized spacial score (nSPS) is 11.0. The Labute approximate surface area is 257 Å². The van der Waals surface area contributed by atoms with E-state index in [0.29, 0.717) is 0 Å². The Morgan fingerprint density at radius 3 is 0.737 bits per heavy atom. The van der Waals surface area contributed by atoms with Gasteiger partial charge in [0.2, 0.25) is 0 Å². The summed E-state index contributed by atoms with van der Waals surface area (Å²) in [7, 11) is 0. The molecule has 0 aliphatic heterocycles. The number of unbranched alkanes of at least 4 members (excludes halogenated alkanes) is 24. The van der Waals surface area contributed by atoms with Crippen molar-refractivity contribution in [1.82, 2.24) is 0 Å². The topological polar surface area (TPSA) is 0 Å². The summed E-state index contributed by atoms with van der Waals surface area (Å²) >= 11 is 3.89. The molecule has 0 rings (SSSR count). The molecule has 0 aromatic heterocycles. The van der Waals surface area contributed by atoms with Crippen LogP contribution >= 0.6 is 0 Å². The molecule has 0 spiro atoms. The van der Waals surface area contributed by atoms with E-state index >= 15 is 0 Å². The maximum absolute atomic E-state index is 4.90. The summed E-state index contributed by atoms with van der Waals surface area (Å²) in [4.78, 5) is 0. The summed E-state index contributed by atoms with van der Waals surface area (Å²) in [5, 5.41) is 0. The van der Waals surface area contributed by atoms with Crippen molar-refractivity contribution in [2.75, 3.05) is 5.75 Å². The van der Waals surface area contributed by atoms with E-state index in [1.54, 1.807) is 32.6 Å². The second-order valence-corrected chi connectivity index (χ2v) is 21.2. The van der Waals surface area contributed by atoms with Crippen LogP contribution in [0.3, 0.4) is 0 Å². The van der Waals surface area contributed by atoms with Gasteiger partial charge in [-0.3, -0.25) is 0 Å². The van der Waals surface area contributed by atoms with Crippen LogP contribution in [0.4, 0.5) is 0 Å². The van der Waals surface area contributed by atoms with Gasteiger partial charge in [-0.05, 0) is 0 Å². The Bertz CT molecular complexity index is 324. The second kappa shape index (κ2) is 40.3. The first-order valence-electron chi connectivity index (χ1n) is 18.2. The van der Waals surface area contributed by atoms with Crippen LogP contribution in [0.25, 0.3) is 0 Å². The van der Waals surface area contributed by atoms with Crippen molar-refractivity contribution >= 4 is 32.4 Å². The molecule has 38 heavy (non-hydrogen) atoms. The minimum atomic E-state index is -1.02. The van der Waals surface area contributed by atoms with Crippen LogP contribution < -0.4 is 0 Å². The Kier molecular flexibility index (Phi) is 43.8. The fraction of sp³-hybridized carbons (Fsp3) is 1.00. The summed E-state index contributed by atoms with van der Waals surface area (Å²) in [5.74, 6) is 0.955. The van der Waals surface area contributed by atoms with Gasteiger partial charge in [-0.1, -0.05) is 71.1 Å². The van der Waals surface area contributed by atoms with Gasteiger partial charge in [0.1, 0.15) is 0 Å². The van der Waals surface area contributed by atoms with Crippen molar-refractivity contribution < 1.29 is 0 Å². The minimum absolute atomic E-state index is 0.955. The molecule has 0 aromatic carbocycles. The predicted molar refractivity (Wildman–Crippen MR) is 184 cm³/mol. The van der Waals surface area contributed by atoms with Gasteiger partial charge in [0, 0.05) is 0 Å². The zero-order valence-electron chi connectivity index (χ0n) is 27.5. The molecule has 2 heteroatoms. The summed E-state index contributed by atoms with van der Waals surface area (Å²) in [5.41, 5.74) is 0. The fourth-order valence-corrected chi connectivity index (χ4v) is 14.2. The van der Waals surface area contributed by atoms with Crippen molar-refractivity contribution in [1.29, 1.82) is 0 Å². The average molecular weight is 660 g/mol. The first kappa shape index (κ1) is 41.3. The Hall–Kier alpha value is 1.15. The van der Waals surface area contributed by atoms with Gasteiger partial charge < -0.3 is 12.6 Å². The quantitative estimate of drug-likeness (QED) is 0.0405. The summed E-state index contributed by atoms with van der Waals surface area (Å²) in [6.07, 6.45) is 41.0. The van der Waals surface area contributed by atoms with E-state index in [2.05, 4.69) is 27.7 Å².